The monoisotopic (exact) mass is 328 g/mol. The number of nitrogens with one attached hydrogen (secondary N) is 1. The average molecular weight is 328 g/mol. The minimum absolute atomic E-state index is 0.0719. The van der Waals surface area contributed by atoms with Gasteiger partial charge in [-0.25, -0.2) is 0 Å². The molecule has 128 valence electrons. The maximum absolute atomic E-state index is 12.2. The number of hydrogen-bond donors (Lipinski definition) is 1. The largest absolute Gasteiger partial charge is 0.497 e. The Morgan fingerprint density at radius 2 is 1.92 bits per heavy atom. The molecule has 0 bridgehead atoms. The maximum atomic E-state index is 12.2. The van der Waals surface area contributed by atoms with E-state index in [1.165, 1.54) is 5.56 Å². The zero-order valence-corrected chi connectivity index (χ0v) is 14.6. The molecule has 2 rings (SSSR count). The number of aryl methyl sites for hydroxylation is 1. The van der Waals surface area contributed by atoms with E-state index in [4.69, 9.17) is 9.47 Å². The number of nitrogens with zero attached hydrogens (tertiary/aromatic N) is 1. The quantitative estimate of drug-likeness (QED) is 0.848. The number of ether oxygens (including phenoxy) is 2. The molecule has 0 aromatic heterocycles. The Morgan fingerprint density at radius 3 is 2.62 bits per heavy atom. The minimum Gasteiger partial charge on any atom is -0.497 e. The summed E-state index contributed by atoms with van der Waals surface area (Å²) < 4.78 is 10.5. The van der Waals surface area contributed by atoms with Crippen molar-refractivity contribution in [3.05, 3.63) is 53.6 Å². The Hall–Kier alpha value is -2.53. The molecular formula is C19H24N2O3. The van der Waals surface area contributed by atoms with Crippen molar-refractivity contribution in [1.82, 2.24) is 4.90 Å². The summed E-state index contributed by atoms with van der Waals surface area (Å²) in [5.74, 6) is 1.48. The van der Waals surface area contributed by atoms with Crippen molar-refractivity contribution in [2.45, 2.75) is 13.5 Å². The first-order chi connectivity index (χ1) is 11.5. The van der Waals surface area contributed by atoms with Crippen LogP contribution in [0.2, 0.25) is 0 Å². The third kappa shape index (κ3) is 4.99. The lowest BCUT2D eigenvalue weighted by Gasteiger charge is -2.18. The van der Waals surface area contributed by atoms with Crippen LogP contribution in [0.4, 0.5) is 5.69 Å². The van der Waals surface area contributed by atoms with E-state index in [1.54, 1.807) is 20.3 Å². The molecular weight excluding hydrogens is 304 g/mol. The van der Waals surface area contributed by atoms with Crippen LogP contribution in [0.1, 0.15) is 11.1 Å². The molecule has 0 heterocycles. The van der Waals surface area contributed by atoms with E-state index >= 15 is 0 Å². The zero-order chi connectivity index (χ0) is 17.5. The molecule has 0 aliphatic carbocycles. The summed E-state index contributed by atoms with van der Waals surface area (Å²) in [6, 6.07) is 13.4. The highest BCUT2D eigenvalue weighted by Gasteiger charge is 2.11. The number of anilines is 1. The fraction of sp³-hybridized carbons (Fsp3) is 0.316. The van der Waals surface area contributed by atoms with Gasteiger partial charge in [0.2, 0.25) is 5.91 Å². The predicted molar refractivity (Wildman–Crippen MR) is 95.7 cm³/mol. The molecule has 5 nitrogen and oxygen atoms in total. The van der Waals surface area contributed by atoms with Crippen LogP contribution >= 0.6 is 0 Å². The molecule has 24 heavy (non-hydrogen) atoms. The van der Waals surface area contributed by atoms with Crippen molar-refractivity contribution >= 4 is 11.6 Å². The van der Waals surface area contributed by atoms with Crippen LogP contribution < -0.4 is 14.8 Å². The number of hydrogen-bond acceptors (Lipinski definition) is 4. The Morgan fingerprint density at radius 1 is 1.12 bits per heavy atom. The van der Waals surface area contributed by atoms with Crippen LogP contribution in [-0.2, 0) is 11.3 Å². The Bertz CT molecular complexity index is 701. The van der Waals surface area contributed by atoms with Crippen LogP contribution in [0.3, 0.4) is 0 Å². The van der Waals surface area contributed by atoms with Gasteiger partial charge in [0, 0.05) is 23.9 Å². The standard InChI is InChI=1S/C19H24N2O3/c1-14-8-9-18(24-4)15(10-14)12-21(2)13-19(22)20-16-6-5-7-17(11-16)23-3/h5-11H,12-13H2,1-4H3,(H,20,22). The van der Waals surface area contributed by atoms with E-state index in [0.717, 1.165) is 17.0 Å². The van der Waals surface area contributed by atoms with Crippen molar-refractivity contribution in [3.63, 3.8) is 0 Å². The molecule has 0 atom stereocenters. The van der Waals surface area contributed by atoms with Crippen molar-refractivity contribution in [3.8, 4) is 11.5 Å². The van der Waals surface area contributed by atoms with Gasteiger partial charge in [0.05, 0.1) is 20.8 Å². The molecule has 2 aromatic carbocycles. The molecule has 0 aliphatic rings. The maximum Gasteiger partial charge on any atom is 0.238 e. The van der Waals surface area contributed by atoms with Gasteiger partial charge < -0.3 is 14.8 Å². The third-order valence-electron chi connectivity index (χ3n) is 3.64. The first-order valence-electron chi connectivity index (χ1n) is 7.78. The summed E-state index contributed by atoms with van der Waals surface area (Å²) in [4.78, 5) is 14.2. The first kappa shape index (κ1) is 17.8. The summed E-state index contributed by atoms with van der Waals surface area (Å²) in [5.41, 5.74) is 2.95. The van der Waals surface area contributed by atoms with Gasteiger partial charge in [0.25, 0.3) is 0 Å². The van der Waals surface area contributed by atoms with Gasteiger partial charge in [-0.1, -0.05) is 23.8 Å². The molecule has 1 N–H and O–H groups in total. The van der Waals surface area contributed by atoms with E-state index in [1.807, 2.05) is 49.2 Å². The Balaban J connectivity index is 1.95. The second-order valence-electron chi connectivity index (χ2n) is 5.77. The lowest BCUT2D eigenvalue weighted by atomic mass is 10.1. The Labute approximate surface area is 143 Å². The number of benzene rings is 2. The van der Waals surface area contributed by atoms with Gasteiger partial charge >= 0.3 is 0 Å². The minimum atomic E-state index is -0.0719. The lowest BCUT2D eigenvalue weighted by molar-refractivity contribution is -0.117. The van der Waals surface area contributed by atoms with E-state index in [0.29, 0.717) is 12.3 Å². The number of carbonyl (C=O) groups excluding carboxylic acids is 1. The van der Waals surface area contributed by atoms with Crippen molar-refractivity contribution in [2.24, 2.45) is 0 Å². The van der Waals surface area contributed by atoms with Crippen LogP contribution in [0.25, 0.3) is 0 Å². The van der Waals surface area contributed by atoms with E-state index < -0.39 is 0 Å². The molecule has 0 spiro atoms. The Kier molecular flexibility index (Phi) is 6.21. The van der Waals surface area contributed by atoms with Gasteiger partial charge in [-0.2, -0.15) is 0 Å². The number of methoxy groups -OCH3 is 2. The van der Waals surface area contributed by atoms with Crippen LogP contribution in [0.5, 0.6) is 11.5 Å². The molecule has 1 amide bonds. The first-order valence-corrected chi connectivity index (χ1v) is 7.78. The summed E-state index contributed by atoms with van der Waals surface area (Å²) in [7, 11) is 5.17. The van der Waals surface area contributed by atoms with Crippen molar-refractivity contribution in [1.29, 1.82) is 0 Å². The topological polar surface area (TPSA) is 50.8 Å². The van der Waals surface area contributed by atoms with Crippen LogP contribution in [0, 0.1) is 6.92 Å². The normalized spacial score (nSPS) is 10.5. The molecule has 5 heteroatoms. The van der Waals surface area contributed by atoms with E-state index in [9.17, 15) is 4.79 Å². The molecule has 2 aromatic rings. The van der Waals surface area contributed by atoms with Gasteiger partial charge in [-0.3, -0.25) is 9.69 Å². The van der Waals surface area contributed by atoms with Gasteiger partial charge in [-0.15, -0.1) is 0 Å². The van der Waals surface area contributed by atoms with Crippen molar-refractivity contribution in [2.75, 3.05) is 33.1 Å². The fourth-order valence-electron chi connectivity index (χ4n) is 2.52. The number of carbonyl (C=O) groups is 1. The predicted octanol–water partition coefficient (Wildman–Crippen LogP) is 3.08. The van der Waals surface area contributed by atoms with E-state index in [-0.39, 0.29) is 12.5 Å². The molecule has 0 unspecified atom stereocenters. The fourth-order valence-corrected chi connectivity index (χ4v) is 2.52. The number of likely N-dealkylation sites (N-methyl/N-ethyl adjacent to an activating group) is 1. The average Bonchev–Trinajstić information content (AvgIpc) is 2.55. The van der Waals surface area contributed by atoms with Crippen LogP contribution in [-0.4, -0.2) is 38.6 Å². The number of amides is 1. The molecule has 0 aliphatic heterocycles. The lowest BCUT2D eigenvalue weighted by Crippen LogP contribution is -2.30. The van der Waals surface area contributed by atoms with E-state index in [2.05, 4.69) is 11.4 Å². The second kappa shape index (κ2) is 8.36. The highest BCUT2D eigenvalue weighted by Crippen LogP contribution is 2.21. The smallest absolute Gasteiger partial charge is 0.238 e. The molecule has 0 saturated carbocycles. The molecule has 0 fully saturated rings. The summed E-state index contributed by atoms with van der Waals surface area (Å²) >= 11 is 0. The summed E-state index contributed by atoms with van der Waals surface area (Å²) in [6.45, 7) is 2.96. The third-order valence-corrected chi connectivity index (χ3v) is 3.64. The molecule has 0 radical (unpaired) electrons. The van der Waals surface area contributed by atoms with Gasteiger partial charge in [-0.05, 0) is 32.2 Å². The zero-order valence-electron chi connectivity index (χ0n) is 14.6. The molecule has 0 saturated heterocycles. The van der Waals surface area contributed by atoms with Crippen LogP contribution in [0.15, 0.2) is 42.5 Å². The van der Waals surface area contributed by atoms with Gasteiger partial charge in [0.15, 0.2) is 0 Å². The summed E-state index contributed by atoms with van der Waals surface area (Å²) in [6.07, 6.45) is 0. The second-order valence-corrected chi connectivity index (χ2v) is 5.77. The SMILES string of the molecule is COc1cccc(NC(=O)CN(C)Cc2cc(C)ccc2OC)c1. The highest BCUT2D eigenvalue weighted by atomic mass is 16.5. The van der Waals surface area contributed by atoms with Crippen molar-refractivity contribution < 1.29 is 14.3 Å². The summed E-state index contributed by atoms with van der Waals surface area (Å²) in [5, 5.41) is 2.88. The number of rotatable bonds is 7. The van der Waals surface area contributed by atoms with Gasteiger partial charge in [0.1, 0.15) is 11.5 Å². The highest BCUT2D eigenvalue weighted by molar-refractivity contribution is 5.92.